The van der Waals surface area contributed by atoms with Crippen LogP contribution in [0.1, 0.15) is 62.9 Å². The molecule has 6 nitrogen and oxygen atoms in total. The third kappa shape index (κ3) is 4.25. The lowest BCUT2D eigenvalue weighted by atomic mass is 9.74. The highest BCUT2D eigenvalue weighted by molar-refractivity contribution is 5.80. The van der Waals surface area contributed by atoms with Gasteiger partial charge in [0.25, 0.3) is 0 Å². The Balaban J connectivity index is 1.61. The minimum absolute atomic E-state index is 0.0217. The van der Waals surface area contributed by atoms with Gasteiger partial charge in [-0.15, -0.1) is 0 Å². The van der Waals surface area contributed by atoms with Gasteiger partial charge in [0.05, 0.1) is 18.4 Å². The number of hydrogen-bond donors (Lipinski definition) is 2. The maximum absolute atomic E-state index is 12.6. The molecular weight excluding hydrogens is 316 g/mol. The first-order valence-electron chi connectivity index (χ1n) is 8.91. The first-order valence-corrected chi connectivity index (χ1v) is 8.91. The number of nitrogens with two attached hydrogens (primary N) is 1. The number of amides is 1. The van der Waals surface area contributed by atoms with Gasteiger partial charge < -0.3 is 15.6 Å². The van der Waals surface area contributed by atoms with Crippen LogP contribution in [-0.4, -0.2) is 21.6 Å². The molecular formula is C19H26N4O2. The second-order valence-corrected chi connectivity index (χ2v) is 7.24. The molecule has 3 atom stereocenters. The zero-order valence-electron chi connectivity index (χ0n) is 14.9. The third-order valence-corrected chi connectivity index (χ3v) is 5.00. The zero-order valence-corrected chi connectivity index (χ0v) is 14.9. The number of carbonyl (C=O) groups is 1. The Morgan fingerprint density at radius 1 is 1.40 bits per heavy atom. The van der Waals surface area contributed by atoms with Crippen molar-refractivity contribution in [1.82, 2.24) is 15.5 Å². The molecule has 1 saturated carbocycles. The van der Waals surface area contributed by atoms with Crippen molar-refractivity contribution in [1.29, 1.82) is 0 Å². The number of carbonyl (C=O) groups excluding carboxylic acids is 1. The summed E-state index contributed by atoms with van der Waals surface area (Å²) in [7, 11) is 0. The molecule has 0 spiro atoms. The van der Waals surface area contributed by atoms with E-state index < -0.39 is 5.54 Å². The lowest BCUT2D eigenvalue weighted by molar-refractivity contribution is -0.128. The van der Waals surface area contributed by atoms with Crippen molar-refractivity contribution in [2.45, 2.75) is 57.5 Å². The summed E-state index contributed by atoms with van der Waals surface area (Å²) in [6, 6.07) is 9.64. The van der Waals surface area contributed by atoms with E-state index in [2.05, 4.69) is 15.5 Å². The molecule has 0 saturated heterocycles. The van der Waals surface area contributed by atoms with Crippen LogP contribution in [0.15, 0.2) is 34.9 Å². The fraction of sp³-hybridized carbons (Fsp3) is 0.526. The summed E-state index contributed by atoms with van der Waals surface area (Å²) >= 11 is 0. The van der Waals surface area contributed by atoms with Gasteiger partial charge in [0, 0.05) is 5.54 Å². The summed E-state index contributed by atoms with van der Waals surface area (Å²) in [6.45, 7) is 3.83. The largest absolute Gasteiger partial charge is 0.346 e. The average molecular weight is 342 g/mol. The van der Waals surface area contributed by atoms with Crippen LogP contribution in [0.2, 0.25) is 0 Å². The number of rotatable bonds is 5. The maximum atomic E-state index is 12.6. The Morgan fingerprint density at radius 2 is 2.16 bits per heavy atom. The Bertz CT molecular complexity index is 711. The van der Waals surface area contributed by atoms with Crippen LogP contribution in [-0.2, 0) is 11.2 Å². The van der Waals surface area contributed by atoms with Gasteiger partial charge in [0.2, 0.25) is 11.8 Å². The summed E-state index contributed by atoms with van der Waals surface area (Å²) in [5.41, 5.74) is 6.98. The second-order valence-electron chi connectivity index (χ2n) is 7.24. The SMILES string of the molecule is CC(NC(=O)C1CCCCC1(C)N)c1noc(Cc2ccccc2)n1. The van der Waals surface area contributed by atoms with E-state index in [-0.39, 0.29) is 17.9 Å². The van der Waals surface area contributed by atoms with Crippen LogP contribution >= 0.6 is 0 Å². The van der Waals surface area contributed by atoms with Crippen LogP contribution in [0.4, 0.5) is 0 Å². The molecule has 6 heteroatoms. The maximum Gasteiger partial charge on any atom is 0.231 e. The Morgan fingerprint density at radius 3 is 2.88 bits per heavy atom. The minimum atomic E-state index is -0.447. The van der Waals surface area contributed by atoms with E-state index in [0.29, 0.717) is 18.1 Å². The van der Waals surface area contributed by atoms with Crippen LogP contribution in [0, 0.1) is 5.92 Å². The summed E-state index contributed by atoms with van der Waals surface area (Å²) in [5.74, 6) is 0.850. The van der Waals surface area contributed by atoms with Crippen LogP contribution < -0.4 is 11.1 Å². The molecule has 1 aliphatic rings. The van der Waals surface area contributed by atoms with E-state index in [9.17, 15) is 4.79 Å². The molecule has 1 fully saturated rings. The molecule has 3 N–H and O–H groups in total. The molecule has 3 rings (SSSR count). The minimum Gasteiger partial charge on any atom is -0.346 e. The second kappa shape index (κ2) is 7.35. The standard InChI is InChI=1S/C19H26N4O2/c1-13(21-18(24)15-10-6-7-11-19(15,2)20)17-22-16(25-23-17)12-14-8-4-3-5-9-14/h3-5,8-9,13,15H,6-7,10-12,20H2,1-2H3,(H,21,24). The van der Waals surface area contributed by atoms with Gasteiger partial charge in [-0.25, -0.2) is 0 Å². The van der Waals surface area contributed by atoms with Crippen molar-refractivity contribution in [2.24, 2.45) is 11.7 Å². The Labute approximate surface area is 148 Å². The lowest BCUT2D eigenvalue weighted by Gasteiger charge is -2.37. The van der Waals surface area contributed by atoms with Gasteiger partial charge in [0.1, 0.15) is 0 Å². The highest BCUT2D eigenvalue weighted by Gasteiger charge is 2.38. The van der Waals surface area contributed by atoms with Gasteiger partial charge >= 0.3 is 0 Å². The van der Waals surface area contributed by atoms with Crippen molar-refractivity contribution < 1.29 is 9.32 Å². The average Bonchev–Trinajstić information content (AvgIpc) is 3.04. The molecule has 25 heavy (non-hydrogen) atoms. The molecule has 0 aliphatic heterocycles. The number of hydrogen-bond acceptors (Lipinski definition) is 5. The van der Waals surface area contributed by atoms with Gasteiger partial charge in [-0.2, -0.15) is 4.98 Å². The number of nitrogens with zero attached hydrogens (tertiary/aromatic N) is 2. The lowest BCUT2D eigenvalue weighted by Crippen LogP contribution is -2.53. The van der Waals surface area contributed by atoms with Gasteiger partial charge in [-0.05, 0) is 32.3 Å². The Hall–Kier alpha value is -2.21. The topological polar surface area (TPSA) is 94.0 Å². The van der Waals surface area contributed by atoms with Crippen molar-refractivity contribution in [3.63, 3.8) is 0 Å². The van der Waals surface area contributed by atoms with Crippen molar-refractivity contribution in [3.8, 4) is 0 Å². The molecule has 1 aromatic heterocycles. The summed E-state index contributed by atoms with van der Waals surface area (Å²) in [5, 5.41) is 7.01. The molecule has 3 unspecified atom stereocenters. The van der Waals surface area contributed by atoms with Gasteiger partial charge in [-0.1, -0.05) is 48.3 Å². The number of aromatic nitrogens is 2. The molecule has 0 bridgehead atoms. The third-order valence-electron chi connectivity index (χ3n) is 5.00. The van der Waals surface area contributed by atoms with Crippen molar-refractivity contribution in [3.05, 3.63) is 47.6 Å². The van der Waals surface area contributed by atoms with E-state index in [0.717, 1.165) is 31.2 Å². The van der Waals surface area contributed by atoms with Crippen molar-refractivity contribution >= 4 is 5.91 Å². The van der Waals surface area contributed by atoms with E-state index in [1.807, 2.05) is 44.2 Å². The van der Waals surface area contributed by atoms with Crippen molar-refractivity contribution in [2.75, 3.05) is 0 Å². The quantitative estimate of drug-likeness (QED) is 0.871. The van der Waals surface area contributed by atoms with E-state index in [1.165, 1.54) is 0 Å². The normalized spacial score (nSPS) is 24.7. The van der Waals surface area contributed by atoms with E-state index >= 15 is 0 Å². The van der Waals surface area contributed by atoms with Gasteiger partial charge in [-0.3, -0.25) is 4.79 Å². The van der Waals surface area contributed by atoms with Crippen LogP contribution in [0.3, 0.4) is 0 Å². The number of nitrogens with one attached hydrogen (secondary N) is 1. The molecule has 134 valence electrons. The van der Waals surface area contributed by atoms with Gasteiger partial charge in [0.15, 0.2) is 5.82 Å². The predicted molar refractivity (Wildman–Crippen MR) is 94.7 cm³/mol. The fourth-order valence-corrected chi connectivity index (χ4v) is 3.45. The Kier molecular flexibility index (Phi) is 5.18. The zero-order chi connectivity index (χ0) is 17.9. The monoisotopic (exact) mass is 342 g/mol. The van der Waals surface area contributed by atoms with Crippen LogP contribution in [0.5, 0.6) is 0 Å². The number of benzene rings is 1. The fourth-order valence-electron chi connectivity index (χ4n) is 3.45. The molecule has 2 aromatic rings. The van der Waals surface area contributed by atoms with E-state index in [1.54, 1.807) is 0 Å². The molecule has 1 aromatic carbocycles. The molecule has 1 amide bonds. The first kappa shape index (κ1) is 17.6. The summed E-state index contributed by atoms with van der Waals surface area (Å²) in [4.78, 5) is 17.0. The molecule has 1 heterocycles. The highest BCUT2D eigenvalue weighted by Crippen LogP contribution is 2.32. The first-order chi connectivity index (χ1) is 12.0. The molecule has 1 aliphatic carbocycles. The van der Waals surface area contributed by atoms with E-state index in [4.69, 9.17) is 10.3 Å². The molecule has 0 radical (unpaired) electrons. The smallest absolute Gasteiger partial charge is 0.231 e. The van der Waals surface area contributed by atoms with Crippen LogP contribution in [0.25, 0.3) is 0 Å². The summed E-state index contributed by atoms with van der Waals surface area (Å²) in [6.07, 6.45) is 4.42. The summed E-state index contributed by atoms with van der Waals surface area (Å²) < 4.78 is 5.32. The highest BCUT2D eigenvalue weighted by atomic mass is 16.5. The predicted octanol–water partition coefficient (Wildman–Crippen LogP) is 2.75.